The van der Waals surface area contributed by atoms with Crippen molar-refractivity contribution in [3.05, 3.63) is 235 Å². The summed E-state index contributed by atoms with van der Waals surface area (Å²) in [5.74, 6) is 1.92. The number of hydrogen-bond donors (Lipinski definition) is 0. The average Bonchev–Trinajstić information content (AvgIpc) is 3.86. The van der Waals surface area contributed by atoms with Crippen molar-refractivity contribution in [2.75, 3.05) is 0 Å². The SMILES string of the molecule is CC1(C)c2ccccc2-c2ccc(-c3cccc4c3Cc3c(-c5cccc(-c6nc(-c7ccccc7)nc(-c7cccc(-c8ccc(-c9ccccc9)cc8)c7)n6)c5)cccc3-4)cc21. The third-order valence-electron chi connectivity index (χ3n) is 13.4. The van der Waals surface area contributed by atoms with Crippen molar-refractivity contribution in [1.29, 1.82) is 0 Å². The van der Waals surface area contributed by atoms with Crippen LogP contribution in [0.15, 0.2) is 212 Å². The summed E-state index contributed by atoms with van der Waals surface area (Å²) in [6.45, 7) is 4.72. The van der Waals surface area contributed by atoms with E-state index in [1.807, 2.05) is 24.3 Å². The monoisotopic (exact) mass is 817 g/mol. The average molecular weight is 818 g/mol. The number of aromatic nitrogens is 3. The van der Waals surface area contributed by atoms with Crippen molar-refractivity contribution < 1.29 is 0 Å². The van der Waals surface area contributed by atoms with Gasteiger partial charge in [-0.1, -0.05) is 208 Å². The van der Waals surface area contributed by atoms with E-state index in [1.54, 1.807) is 0 Å². The van der Waals surface area contributed by atoms with Crippen LogP contribution in [0.25, 0.3) is 101 Å². The number of rotatable bonds is 7. The third-order valence-corrected chi connectivity index (χ3v) is 13.4. The van der Waals surface area contributed by atoms with Crippen molar-refractivity contribution in [2.24, 2.45) is 0 Å². The van der Waals surface area contributed by atoms with Crippen molar-refractivity contribution in [1.82, 2.24) is 15.0 Å². The molecule has 1 heterocycles. The van der Waals surface area contributed by atoms with Gasteiger partial charge in [-0.25, -0.2) is 15.0 Å². The Hall–Kier alpha value is -8.01. The normalized spacial score (nSPS) is 12.9. The first-order valence-corrected chi connectivity index (χ1v) is 22.1. The Morgan fingerprint density at radius 2 is 0.672 bits per heavy atom. The summed E-state index contributed by atoms with van der Waals surface area (Å²) in [4.78, 5) is 15.4. The van der Waals surface area contributed by atoms with Gasteiger partial charge in [0, 0.05) is 22.1 Å². The predicted molar refractivity (Wildman–Crippen MR) is 264 cm³/mol. The molecule has 2 aliphatic carbocycles. The fourth-order valence-electron chi connectivity index (χ4n) is 10.1. The molecule has 2 aliphatic rings. The van der Waals surface area contributed by atoms with Crippen LogP contribution in [0.2, 0.25) is 0 Å². The van der Waals surface area contributed by atoms with Crippen molar-refractivity contribution >= 4 is 0 Å². The topological polar surface area (TPSA) is 38.7 Å². The minimum Gasteiger partial charge on any atom is -0.208 e. The molecule has 0 radical (unpaired) electrons. The highest BCUT2D eigenvalue weighted by atomic mass is 15.0. The van der Waals surface area contributed by atoms with Gasteiger partial charge >= 0.3 is 0 Å². The number of nitrogens with zero attached hydrogens (tertiary/aromatic N) is 3. The summed E-state index contributed by atoms with van der Waals surface area (Å²) in [6, 6.07) is 76.3. The summed E-state index contributed by atoms with van der Waals surface area (Å²) in [7, 11) is 0. The molecule has 0 saturated carbocycles. The van der Waals surface area contributed by atoms with Gasteiger partial charge < -0.3 is 0 Å². The molecule has 3 heteroatoms. The molecular formula is C61H43N3. The van der Waals surface area contributed by atoms with E-state index in [9.17, 15) is 0 Å². The molecule has 302 valence electrons. The largest absolute Gasteiger partial charge is 0.208 e. The second-order valence-corrected chi connectivity index (χ2v) is 17.5. The van der Waals surface area contributed by atoms with Crippen LogP contribution in [0.3, 0.4) is 0 Å². The highest BCUT2D eigenvalue weighted by molar-refractivity contribution is 5.91. The van der Waals surface area contributed by atoms with Gasteiger partial charge in [-0.05, 0) is 114 Å². The van der Waals surface area contributed by atoms with E-state index in [2.05, 4.69) is 202 Å². The molecule has 0 spiro atoms. The molecule has 9 aromatic carbocycles. The van der Waals surface area contributed by atoms with E-state index in [1.165, 1.54) is 72.3 Å². The maximum absolute atomic E-state index is 5.20. The summed E-state index contributed by atoms with van der Waals surface area (Å²) < 4.78 is 0. The Bertz CT molecular complexity index is 3420. The second kappa shape index (κ2) is 15.1. The lowest BCUT2D eigenvalue weighted by atomic mass is 9.81. The Balaban J connectivity index is 0.901. The first kappa shape index (κ1) is 37.7. The Labute approximate surface area is 374 Å². The lowest BCUT2D eigenvalue weighted by Gasteiger charge is -2.22. The van der Waals surface area contributed by atoms with Crippen LogP contribution in [-0.2, 0) is 11.8 Å². The van der Waals surface area contributed by atoms with E-state index >= 15 is 0 Å². The minimum absolute atomic E-state index is 0.0534. The first-order valence-electron chi connectivity index (χ1n) is 22.1. The molecule has 0 atom stereocenters. The summed E-state index contributed by atoms with van der Waals surface area (Å²) >= 11 is 0. The molecule has 0 fully saturated rings. The van der Waals surface area contributed by atoms with E-state index < -0.39 is 0 Å². The molecular weight excluding hydrogens is 775 g/mol. The number of hydrogen-bond acceptors (Lipinski definition) is 3. The van der Waals surface area contributed by atoms with E-state index in [4.69, 9.17) is 15.0 Å². The molecule has 10 aromatic rings. The molecule has 64 heavy (non-hydrogen) atoms. The van der Waals surface area contributed by atoms with Gasteiger partial charge in [0.15, 0.2) is 17.5 Å². The first-order chi connectivity index (χ1) is 31.5. The molecule has 0 N–H and O–H groups in total. The highest BCUT2D eigenvalue weighted by Gasteiger charge is 2.35. The van der Waals surface area contributed by atoms with Gasteiger partial charge in [0.25, 0.3) is 0 Å². The number of fused-ring (bicyclic) bond motifs is 6. The van der Waals surface area contributed by atoms with Gasteiger partial charge in [-0.2, -0.15) is 0 Å². The summed E-state index contributed by atoms with van der Waals surface area (Å²) in [5.41, 5.74) is 23.2. The minimum atomic E-state index is -0.0534. The standard InChI is InChI=1S/C61H43N3/c1-61(2)56-28-10-9-23-52(56)53-34-33-45(37-57(53)61)49-25-14-27-51-50-26-13-24-48(54(50)38-55(49)51)44-20-12-22-47(36-44)60-63-58(42-17-7-4-8-18-42)62-59(64-60)46-21-11-19-43(35-46)41-31-29-40(30-32-41)39-15-5-3-6-16-39/h3-37H,38H2,1-2H3. The van der Waals surface area contributed by atoms with Gasteiger partial charge in [0.1, 0.15) is 0 Å². The van der Waals surface area contributed by atoms with Crippen molar-refractivity contribution in [2.45, 2.75) is 25.7 Å². The van der Waals surface area contributed by atoms with Crippen molar-refractivity contribution in [3.8, 4) is 101 Å². The van der Waals surface area contributed by atoms with Crippen LogP contribution in [0.1, 0.15) is 36.1 Å². The fourth-order valence-corrected chi connectivity index (χ4v) is 10.1. The molecule has 3 nitrogen and oxygen atoms in total. The summed E-state index contributed by atoms with van der Waals surface area (Å²) in [5, 5.41) is 0. The van der Waals surface area contributed by atoms with Gasteiger partial charge in [-0.3, -0.25) is 0 Å². The second-order valence-electron chi connectivity index (χ2n) is 17.5. The molecule has 0 amide bonds. The van der Waals surface area contributed by atoms with Crippen LogP contribution in [0, 0.1) is 0 Å². The van der Waals surface area contributed by atoms with Gasteiger partial charge in [0.05, 0.1) is 0 Å². The lowest BCUT2D eigenvalue weighted by Crippen LogP contribution is -2.14. The third kappa shape index (κ3) is 6.39. The molecule has 1 aromatic heterocycles. The quantitative estimate of drug-likeness (QED) is 0.161. The number of benzene rings is 9. The zero-order valence-electron chi connectivity index (χ0n) is 35.8. The van der Waals surface area contributed by atoms with Gasteiger partial charge in [0.2, 0.25) is 0 Å². The maximum Gasteiger partial charge on any atom is 0.164 e. The molecule has 12 rings (SSSR count). The Kier molecular flexibility index (Phi) is 8.91. The fraction of sp³-hybridized carbons (Fsp3) is 0.0656. The van der Waals surface area contributed by atoms with E-state index in [0.29, 0.717) is 17.5 Å². The van der Waals surface area contributed by atoms with E-state index in [-0.39, 0.29) is 5.41 Å². The van der Waals surface area contributed by atoms with Crippen LogP contribution < -0.4 is 0 Å². The van der Waals surface area contributed by atoms with Crippen LogP contribution in [0.4, 0.5) is 0 Å². The Morgan fingerprint density at radius 1 is 0.281 bits per heavy atom. The molecule has 0 saturated heterocycles. The van der Waals surface area contributed by atoms with Crippen LogP contribution in [0.5, 0.6) is 0 Å². The zero-order chi connectivity index (χ0) is 42.8. The van der Waals surface area contributed by atoms with Crippen LogP contribution in [-0.4, -0.2) is 15.0 Å². The molecule has 0 bridgehead atoms. The predicted octanol–water partition coefficient (Wildman–Crippen LogP) is 15.4. The van der Waals surface area contributed by atoms with E-state index in [0.717, 1.165) is 39.8 Å². The maximum atomic E-state index is 5.20. The smallest absolute Gasteiger partial charge is 0.164 e. The van der Waals surface area contributed by atoms with Crippen LogP contribution >= 0.6 is 0 Å². The highest BCUT2D eigenvalue weighted by Crippen LogP contribution is 2.51. The van der Waals surface area contributed by atoms with Gasteiger partial charge in [-0.15, -0.1) is 0 Å². The molecule has 0 aliphatic heterocycles. The Morgan fingerprint density at radius 3 is 1.31 bits per heavy atom. The summed E-state index contributed by atoms with van der Waals surface area (Å²) in [6.07, 6.45) is 0.862. The lowest BCUT2D eigenvalue weighted by molar-refractivity contribution is 0.660. The molecule has 0 unspecified atom stereocenters. The zero-order valence-corrected chi connectivity index (χ0v) is 35.8. The van der Waals surface area contributed by atoms with Crippen molar-refractivity contribution in [3.63, 3.8) is 0 Å².